The summed E-state index contributed by atoms with van der Waals surface area (Å²) < 4.78 is 4.91. The molecule has 3 aromatic carbocycles. The van der Waals surface area contributed by atoms with Gasteiger partial charge in [-0.3, -0.25) is 0 Å². The van der Waals surface area contributed by atoms with Gasteiger partial charge in [-0.1, -0.05) is 91.0 Å². The first-order chi connectivity index (χ1) is 15.7. The van der Waals surface area contributed by atoms with Crippen LogP contribution in [0.3, 0.4) is 0 Å². The fraction of sp³-hybridized carbons (Fsp3) is 0.321. The van der Waals surface area contributed by atoms with E-state index in [0.717, 1.165) is 16.7 Å². The van der Waals surface area contributed by atoms with Gasteiger partial charge < -0.3 is 15.2 Å². The molecule has 2 N–H and O–H groups in total. The lowest BCUT2D eigenvalue weighted by atomic mass is 9.84. The Kier molecular flexibility index (Phi) is 8.22. The smallest absolute Gasteiger partial charge is 0.407 e. The Morgan fingerprint density at radius 1 is 0.848 bits per heavy atom. The standard InChI is InChI=1S/C28H33NO3S/c1-21(30)25(29-26(31)32-27(2,3)4)20-33-28(22-14-8-5-9-15-22,23-16-10-6-11-17-23)24-18-12-7-13-19-24/h5-19,21,25,30H,20H2,1-4H3,(H,29,31)/t21-,25+/m1/s1. The summed E-state index contributed by atoms with van der Waals surface area (Å²) in [5.74, 6) is 0.482. The van der Waals surface area contributed by atoms with Crippen molar-refractivity contribution in [1.82, 2.24) is 5.32 Å². The number of amides is 1. The second-order valence-electron chi connectivity index (χ2n) is 9.08. The fourth-order valence-electron chi connectivity index (χ4n) is 3.74. The summed E-state index contributed by atoms with van der Waals surface area (Å²) in [5.41, 5.74) is 2.79. The van der Waals surface area contributed by atoms with Gasteiger partial charge in [0.25, 0.3) is 0 Å². The van der Waals surface area contributed by atoms with Crippen LogP contribution in [-0.4, -0.2) is 34.7 Å². The molecule has 0 saturated heterocycles. The fourth-order valence-corrected chi connectivity index (χ4v) is 5.44. The summed E-state index contributed by atoms with van der Waals surface area (Å²) in [6.45, 7) is 7.16. The minimum absolute atomic E-state index is 0.482. The van der Waals surface area contributed by atoms with Gasteiger partial charge in [-0.25, -0.2) is 4.79 Å². The molecule has 3 aromatic rings. The summed E-state index contributed by atoms with van der Waals surface area (Å²) in [7, 11) is 0. The maximum atomic E-state index is 12.5. The quantitative estimate of drug-likeness (QED) is 0.403. The van der Waals surface area contributed by atoms with E-state index in [1.54, 1.807) is 18.7 Å². The minimum Gasteiger partial charge on any atom is -0.444 e. The molecule has 0 aliphatic carbocycles. The summed E-state index contributed by atoms with van der Waals surface area (Å²) in [4.78, 5) is 12.5. The number of ether oxygens (including phenoxy) is 1. The highest BCUT2D eigenvalue weighted by atomic mass is 32.2. The lowest BCUT2D eigenvalue weighted by Gasteiger charge is -2.37. The third-order valence-electron chi connectivity index (χ3n) is 5.30. The van der Waals surface area contributed by atoms with E-state index in [9.17, 15) is 9.90 Å². The van der Waals surface area contributed by atoms with E-state index >= 15 is 0 Å². The highest BCUT2D eigenvalue weighted by molar-refractivity contribution is 8.00. The number of benzene rings is 3. The number of aliphatic hydroxyl groups is 1. The van der Waals surface area contributed by atoms with Crippen molar-refractivity contribution in [3.8, 4) is 0 Å². The predicted octanol–water partition coefficient (Wildman–Crippen LogP) is 5.99. The summed E-state index contributed by atoms with van der Waals surface area (Å²) in [5, 5.41) is 13.4. The predicted molar refractivity (Wildman–Crippen MR) is 137 cm³/mol. The molecule has 1 amide bonds. The third kappa shape index (κ3) is 6.40. The Morgan fingerprint density at radius 2 is 1.24 bits per heavy atom. The van der Waals surface area contributed by atoms with Crippen molar-refractivity contribution >= 4 is 17.9 Å². The molecule has 4 nitrogen and oxygen atoms in total. The largest absolute Gasteiger partial charge is 0.444 e. The maximum absolute atomic E-state index is 12.5. The van der Waals surface area contributed by atoms with E-state index in [4.69, 9.17) is 4.74 Å². The van der Waals surface area contributed by atoms with Crippen LogP contribution < -0.4 is 5.32 Å². The third-order valence-corrected chi connectivity index (χ3v) is 6.97. The van der Waals surface area contributed by atoms with Gasteiger partial charge in [0.15, 0.2) is 0 Å². The Labute approximate surface area is 201 Å². The number of nitrogens with one attached hydrogen (secondary N) is 1. The van der Waals surface area contributed by atoms with Gasteiger partial charge in [0.1, 0.15) is 5.60 Å². The lowest BCUT2D eigenvalue weighted by molar-refractivity contribution is 0.0452. The molecular weight excluding hydrogens is 430 g/mol. The van der Waals surface area contributed by atoms with Crippen molar-refractivity contribution in [2.24, 2.45) is 0 Å². The highest BCUT2D eigenvalue weighted by Gasteiger charge is 2.38. The van der Waals surface area contributed by atoms with E-state index < -0.39 is 28.6 Å². The zero-order valence-corrected chi connectivity index (χ0v) is 20.5. The number of hydrogen-bond acceptors (Lipinski definition) is 4. The van der Waals surface area contributed by atoms with Gasteiger partial charge in [0.2, 0.25) is 0 Å². The van der Waals surface area contributed by atoms with E-state index in [0.29, 0.717) is 5.75 Å². The van der Waals surface area contributed by atoms with Crippen LogP contribution in [0.2, 0.25) is 0 Å². The van der Waals surface area contributed by atoms with Crippen molar-refractivity contribution in [1.29, 1.82) is 0 Å². The SMILES string of the molecule is C[C@@H](O)[C@H](CSC(c1ccccc1)(c1ccccc1)c1ccccc1)NC(=O)OC(C)(C)C. The molecule has 0 heterocycles. The molecular formula is C28H33NO3S. The maximum Gasteiger partial charge on any atom is 0.407 e. The number of thioether (sulfide) groups is 1. The molecule has 0 radical (unpaired) electrons. The molecule has 0 saturated carbocycles. The van der Waals surface area contributed by atoms with E-state index in [-0.39, 0.29) is 0 Å². The van der Waals surface area contributed by atoms with Gasteiger partial charge in [0.05, 0.1) is 16.9 Å². The van der Waals surface area contributed by atoms with Crippen molar-refractivity contribution in [2.75, 3.05) is 5.75 Å². The molecule has 0 bridgehead atoms. The van der Waals surface area contributed by atoms with Gasteiger partial charge in [-0.15, -0.1) is 11.8 Å². The lowest BCUT2D eigenvalue weighted by Crippen LogP contribution is -2.46. The number of hydrogen-bond donors (Lipinski definition) is 2. The molecule has 33 heavy (non-hydrogen) atoms. The number of aliphatic hydroxyl groups excluding tert-OH is 1. The zero-order valence-electron chi connectivity index (χ0n) is 19.7. The molecule has 2 atom stereocenters. The number of alkyl carbamates (subject to hydrolysis) is 1. The summed E-state index contributed by atoms with van der Waals surface area (Å²) in [6.07, 6.45) is -1.27. The van der Waals surface area contributed by atoms with Crippen molar-refractivity contribution in [2.45, 2.75) is 50.2 Å². The monoisotopic (exact) mass is 463 g/mol. The van der Waals surface area contributed by atoms with Gasteiger partial charge in [0, 0.05) is 5.75 Å². The molecule has 0 fully saturated rings. The van der Waals surface area contributed by atoms with Crippen molar-refractivity contribution in [3.63, 3.8) is 0 Å². The van der Waals surface area contributed by atoms with Gasteiger partial charge in [-0.2, -0.15) is 0 Å². The van der Waals surface area contributed by atoms with Crippen LogP contribution in [0.5, 0.6) is 0 Å². The van der Waals surface area contributed by atoms with E-state index in [1.807, 2.05) is 75.4 Å². The van der Waals surface area contributed by atoms with E-state index in [1.165, 1.54) is 0 Å². The first kappa shape index (κ1) is 24.9. The normalized spacial score (nSPS) is 13.7. The van der Waals surface area contributed by atoms with Gasteiger partial charge >= 0.3 is 6.09 Å². The molecule has 0 spiro atoms. The van der Waals surface area contributed by atoms with Gasteiger partial charge in [-0.05, 0) is 44.4 Å². The summed E-state index contributed by atoms with van der Waals surface area (Å²) in [6, 6.07) is 30.6. The average molecular weight is 464 g/mol. The molecule has 174 valence electrons. The Balaban J connectivity index is 2.02. The minimum atomic E-state index is -0.745. The van der Waals surface area contributed by atoms with Crippen molar-refractivity contribution < 1.29 is 14.6 Å². The molecule has 0 aliphatic heterocycles. The molecule has 0 unspecified atom stereocenters. The van der Waals surface area contributed by atoms with Crippen LogP contribution in [0.15, 0.2) is 91.0 Å². The topological polar surface area (TPSA) is 58.6 Å². The zero-order chi connectivity index (χ0) is 23.9. The van der Waals surface area contributed by atoms with E-state index in [2.05, 4.69) is 41.7 Å². The molecule has 0 aromatic heterocycles. The second kappa shape index (κ2) is 10.9. The molecule has 5 heteroatoms. The molecule has 0 aliphatic rings. The summed E-state index contributed by atoms with van der Waals surface area (Å²) >= 11 is 1.69. The van der Waals surface area contributed by atoms with Crippen LogP contribution in [0.4, 0.5) is 4.79 Å². The van der Waals surface area contributed by atoms with Crippen molar-refractivity contribution in [3.05, 3.63) is 108 Å². The van der Waals surface area contributed by atoms with Crippen LogP contribution in [0.25, 0.3) is 0 Å². The number of carbonyl (C=O) groups excluding carboxylic acids is 1. The first-order valence-corrected chi connectivity index (χ1v) is 12.2. The Hall–Kier alpha value is -2.76. The van der Waals surface area contributed by atoms with Crippen LogP contribution >= 0.6 is 11.8 Å². The number of carbonyl (C=O) groups is 1. The van der Waals surface area contributed by atoms with Crippen LogP contribution in [-0.2, 0) is 9.48 Å². The molecule has 3 rings (SSSR count). The second-order valence-corrected chi connectivity index (χ2v) is 10.3. The highest BCUT2D eigenvalue weighted by Crippen LogP contribution is 2.48. The van der Waals surface area contributed by atoms with Crippen LogP contribution in [0.1, 0.15) is 44.4 Å². The Bertz CT molecular complexity index is 905. The van der Waals surface area contributed by atoms with Crippen LogP contribution in [0, 0.1) is 0 Å². The Morgan fingerprint density at radius 3 is 1.58 bits per heavy atom. The number of rotatable bonds is 8. The average Bonchev–Trinajstić information content (AvgIpc) is 2.79. The first-order valence-electron chi connectivity index (χ1n) is 11.2.